The molecule has 0 saturated heterocycles. The molecule has 0 aromatic heterocycles. The van der Waals surface area contributed by atoms with Crippen LogP contribution in [-0.4, -0.2) is 22.9 Å². The van der Waals surface area contributed by atoms with E-state index in [1.165, 1.54) is 6.07 Å². The lowest BCUT2D eigenvalue weighted by Crippen LogP contribution is -2.21. The third kappa shape index (κ3) is 4.28. The van der Waals surface area contributed by atoms with Crippen LogP contribution in [0.1, 0.15) is 30.4 Å². The Morgan fingerprint density at radius 2 is 2.04 bits per heavy atom. The molecule has 0 amide bonds. The van der Waals surface area contributed by atoms with Gasteiger partial charge in [-0.15, -0.1) is 0 Å². The summed E-state index contributed by atoms with van der Waals surface area (Å²) in [5, 5.41) is 28.9. The van der Waals surface area contributed by atoms with Crippen molar-refractivity contribution in [1.82, 2.24) is 0 Å². The molecule has 0 radical (unpaired) electrons. The van der Waals surface area contributed by atoms with E-state index in [0.717, 1.165) is 10.0 Å². The van der Waals surface area contributed by atoms with Gasteiger partial charge < -0.3 is 14.9 Å². The number of nitriles is 1. The number of aliphatic hydroxyl groups is 2. The van der Waals surface area contributed by atoms with Crippen LogP contribution in [0.15, 0.2) is 40.9 Å². The molecule has 0 fully saturated rings. The third-order valence-corrected chi connectivity index (χ3v) is 4.75. The minimum absolute atomic E-state index is 0.172. The van der Waals surface area contributed by atoms with Crippen LogP contribution in [0.2, 0.25) is 5.02 Å². The first-order valence-corrected chi connectivity index (χ1v) is 8.63. The second-order valence-electron chi connectivity index (χ2n) is 5.31. The van der Waals surface area contributed by atoms with Crippen molar-refractivity contribution in [3.8, 4) is 17.6 Å². The Morgan fingerprint density at radius 3 is 2.62 bits per heavy atom. The van der Waals surface area contributed by atoms with Crippen molar-refractivity contribution in [3.05, 3.63) is 57.0 Å². The summed E-state index contributed by atoms with van der Waals surface area (Å²) in [5.41, 5.74) is 1.21. The van der Waals surface area contributed by atoms with Crippen LogP contribution in [-0.2, 0) is 0 Å². The highest BCUT2D eigenvalue weighted by molar-refractivity contribution is 9.10. The Morgan fingerprint density at radius 1 is 1.29 bits per heavy atom. The van der Waals surface area contributed by atoms with Crippen LogP contribution in [0.4, 0.5) is 0 Å². The van der Waals surface area contributed by atoms with E-state index in [9.17, 15) is 10.2 Å². The molecule has 0 aliphatic rings. The van der Waals surface area contributed by atoms with Gasteiger partial charge in [0.05, 0.1) is 29.4 Å². The molecule has 2 aromatic rings. The maximum atomic E-state index is 10.1. The summed E-state index contributed by atoms with van der Waals surface area (Å²) < 4.78 is 6.57. The first-order chi connectivity index (χ1) is 11.5. The van der Waals surface area contributed by atoms with E-state index in [-0.39, 0.29) is 6.61 Å². The number of ether oxygens (including phenoxy) is 1. The molecule has 4 nitrogen and oxygen atoms in total. The summed E-state index contributed by atoms with van der Waals surface area (Å²) in [5.74, 6) is 0.548. The normalized spacial score (nSPS) is 13.2. The summed E-state index contributed by atoms with van der Waals surface area (Å²) in [6, 6.07) is 12.1. The quantitative estimate of drug-likeness (QED) is 0.729. The molecule has 0 aliphatic carbocycles. The van der Waals surface area contributed by atoms with Gasteiger partial charge in [0, 0.05) is 10.4 Å². The van der Waals surface area contributed by atoms with Crippen LogP contribution in [0.3, 0.4) is 0 Å². The maximum absolute atomic E-state index is 10.1. The zero-order valence-electron chi connectivity index (χ0n) is 13.0. The van der Waals surface area contributed by atoms with Gasteiger partial charge in [0.25, 0.3) is 0 Å². The lowest BCUT2D eigenvalue weighted by molar-refractivity contribution is 0.103. The first kappa shape index (κ1) is 18.8. The third-order valence-electron chi connectivity index (χ3n) is 3.74. The van der Waals surface area contributed by atoms with Crippen molar-refractivity contribution >= 4 is 27.5 Å². The van der Waals surface area contributed by atoms with Gasteiger partial charge in [-0.3, -0.25) is 0 Å². The Hall–Kier alpha value is -1.58. The average Bonchev–Trinajstić information content (AvgIpc) is 2.59. The topological polar surface area (TPSA) is 73.5 Å². The van der Waals surface area contributed by atoms with E-state index in [2.05, 4.69) is 15.9 Å². The fourth-order valence-corrected chi connectivity index (χ4v) is 3.12. The maximum Gasteiger partial charge on any atom is 0.146 e. The van der Waals surface area contributed by atoms with Gasteiger partial charge in [0.1, 0.15) is 11.5 Å². The minimum atomic E-state index is -0.653. The zero-order valence-corrected chi connectivity index (χ0v) is 15.4. The van der Waals surface area contributed by atoms with Gasteiger partial charge in [-0.25, -0.2) is 0 Å². The highest BCUT2D eigenvalue weighted by Gasteiger charge is 2.22. The van der Waals surface area contributed by atoms with Gasteiger partial charge in [-0.05, 0) is 48.4 Å². The van der Waals surface area contributed by atoms with Crippen molar-refractivity contribution in [2.75, 3.05) is 6.61 Å². The van der Waals surface area contributed by atoms with Crippen molar-refractivity contribution in [2.24, 2.45) is 0 Å². The second-order valence-corrected chi connectivity index (χ2v) is 6.57. The van der Waals surface area contributed by atoms with Gasteiger partial charge >= 0.3 is 0 Å². The van der Waals surface area contributed by atoms with Crippen LogP contribution in [0.25, 0.3) is 0 Å². The largest absolute Gasteiger partial charge is 0.456 e. The Labute approximate surface area is 154 Å². The first-order valence-electron chi connectivity index (χ1n) is 7.46. The molecule has 0 spiro atoms. The number of rotatable bonds is 6. The molecule has 2 atom stereocenters. The van der Waals surface area contributed by atoms with Crippen molar-refractivity contribution < 1.29 is 14.9 Å². The summed E-state index contributed by atoms with van der Waals surface area (Å²) in [6.07, 6.45) is -0.121. The van der Waals surface area contributed by atoms with Crippen molar-refractivity contribution in [2.45, 2.75) is 25.4 Å². The van der Waals surface area contributed by atoms with Gasteiger partial charge in [0.15, 0.2) is 0 Å². The predicted molar refractivity (Wildman–Crippen MR) is 96.5 cm³/mol. The monoisotopic (exact) mass is 409 g/mol. The molecule has 2 N–H and O–H groups in total. The lowest BCUT2D eigenvalue weighted by atomic mass is 9.92. The minimum Gasteiger partial charge on any atom is -0.456 e. The molecule has 2 rings (SSSR count). The van der Waals surface area contributed by atoms with Gasteiger partial charge in [-0.2, -0.15) is 5.26 Å². The molecule has 6 heteroatoms. The molecule has 2 unspecified atom stereocenters. The molecule has 0 bridgehead atoms. The SMILES string of the molecule is CCC(O)C(CO)c1cc(Oc2ccc(C#N)cc2Cl)ccc1Br. The van der Waals surface area contributed by atoms with E-state index in [4.69, 9.17) is 21.6 Å². The van der Waals surface area contributed by atoms with E-state index in [1.54, 1.807) is 30.3 Å². The average molecular weight is 411 g/mol. The number of hydrogen-bond acceptors (Lipinski definition) is 4. The Balaban J connectivity index is 2.33. The summed E-state index contributed by atoms with van der Waals surface area (Å²) in [7, 11) is 0. The Bertz CT molecular complexity index is 760. The molecular weight excluding hydrogens is 394 g/mol. The smallest absolute Gasteiger partial charge is 0.146 e. The number of hydrogen-bond donors (Lipinski definition) is 2. The van der Waals surface area contributed by atoms with Crippen LogP contribution < -0.4 is 4.74 Å². The lowest BCUT2D eigenvalue weighted by Gasteiger charge is -2.22. The number of nitrogens with zero attached hydrogens (tertiary/aromatic N) is 1. The van der Waals surface area contributed by atoms with Crippen LogP contribution >= 0.6 is 27.5 Å². The molecular formula is C18H17BrClNO3. The highest BCUT2D eigenvalue weighted by Crippen LogP contribution is 2.35. The number of benzene rings is 2. The van der Waals surface area contributed by atoms with Crippen molar-refractivity contribution in [1.29, 1.82) is 5.26 Å². The molecule has 2 aromatic carbocycles. The van der Waals surface area contributed by atoms with Gasteiger partial charge in [0.2, 0.25) is 0 Å². The molecule has 0 aliphatic heterocycles. The number of aliphatic hydroxyl groups excluding tert-OH is 2. The van der Waals surface area contributed by atoms with Gasteiger partial charge in [-0.1, -0.05) is 34.5 Å². The van der Waals surface area contributed by atoms with E-state index in [0.29, 0.717) is 28.5 Å². The molecule has 0 heterocycles. The van der Waals surface area contributed by atoms with E-state index in [1.807, 2.05) is 13.0 Å². The highest BCUT2D eigenvalue weighted by atomic mass is 79.9. The zero-order chi connectivity index (χ0) is 17.7. The fourth-order valence-electron chi connectivity index (χ4n) is 2.36. The molecule has 24 heavy (non-hydrogen) atoms. The summed E-state index contributed by atoms with van der Waals surface area (Å²) in [4.78, 5) is 0. The van der Waals surface area contributed by atoms with E-state index >= 15 is 0 Å². The second kappa shape index (κ2) is 8.50. The molecule has 126 valence electrons. The fraction of sp³-hybridized carbons (Fsp3) is 0.278. The van der Waals surface area contributed by atoms with E-state index < -0.39 is 12.0 Å². The van der Waals surface area contributed by atoms with Crippen LogP contribution in [0.5, 0.6) is 11.5 Å². The van der Waals surface area contributed by atoms with Crippen LogP contribution in [0, 0.1) is 11.3 Å². The standard InChI is InChI=1S/C18H17BrClNO3/c1-2-17(23)14(10-22)13-8-12(4-5-15(13)19)24-18-6-3-11(9-21)7-16(18)20/h3-8,14,17,22-23H,2,10H2,1H3. The Kier molecular flexibility index (Phi) is 6.64. The molecule has 0 saturated carbocycles. The summed E-state index contributed by atoms with van der Waals surface area (Å²) in [6.45, 7) is 1.69. The summed E-state index contributed by atoms with van der Waals surface area (Å²) >= 11 is 9.57. The number of halogens is 2. The van der Waals surface area contributed by atoms with Crippen molar-refractivity contribution in [3.63, 3.8) is 0 Å². The predicted octanol–water partition coefficient (Wildman–Crippen LogP) is 4.61.